The summed E-state index contributed by atoms with van der Waals surface area (Å²) in [6.07, 6.45) is 5.43. The number of hydrogen-bond donors (Lipinski definition) is 2. The highest BCUT2D eigenvalue weighted by molar-refractivity contribution is 6.10. The third kappa shape index (κ3) is 9.92. The summed E-state index contributed by atoms with van der Waals surface area (Å²) in [5.41, 5.74) is 4.23. The Morgan fingerprint density at radius 2 is 1.00 bits per heavy atom. The van der Waals surface area contributed by atoms with Crippen LogP contribution in [0.5, 0.6) is 23.0 Å². The standard InChI is InChI=1S/C37H36O8/c1-42-34-19-28(17-30(36(34)40)24-44-22-26-9-5-3-6-10-26)13-15-32(38)21-33(39)16-14-29-18-31(37(41)35(20-29)43-2)25-45-23-27-11-7-4-8-12-27/h3-20,40-41H,21-25H2,1-2H3/b15-13+,16-14+. The molecule has 0 spiro atoms. The molecule has 0 atom stereocenters. The molecule has 0 aliphatic rings. The van der Waals surface area contributed by atoms with Gasteiger partial charge < -0.3 is 29.2 Å². The molecule has 45 heavy (non-hydrogen) atoms. The molecule has 0 radical (unpaired) electrons. The van der Waals surface area contributed by atoms with E-state index in [1.807, 2.05) is 60.7 Å². The Labute approximate surface area is 262 Å². The average molecular weight is 609 g/mol. The molecule has 8 nitrogen and oxygen atoms in total. The highest BCUT2D eigenvalue weighted by Gasteiger charge is 2.13. The fourth-order valence-electron chi connectivity index (χ4n) is 4.48. The second kappa shape index (κ2) is 16.6. The third-order valence-electron chi connectivity index (χ3n) is 6.80. The van der Waals surface area contributed by atoms with E-state index < -0.39 is 11.6 Å². The van der Waals surface area contributed by atoms with Crippen LogP contribution in [-0.4, -0.2) is 36.0 Å². The van der Waals surface area contributed by atoms with Crippen LogP contribution >= 0.6 is 0 Å². The third-order valence-corrected chi connectivity index (χ3v) is 6.80. The van der Waals surface area contributed by atoms with Gasteiger partial charge in [-0.25, -0.2) is 0 Å². The monoisotopic (exact) mass is 608 g/mol. The minimum absolute atomic E-state index is 0.0360. The summed E-state index contributed by atoms with van der Waals surface area (Å²) in [4.78, 5) is 25.2. The van der Waals surface area contributed by atoms with Crippen molar-refractivity contribution < 1.29 is 38.7 Å². The Morgan fingerprint density at radius 3 is 1.38 bits per heavy atom. The Kier molecular flexibility index (Phi) is 12.1. The Hall–Kier alpha value is -5.18. The SMILES string of the molecule is COc1cc(/C=C/C(=O)CC(=O)/C=C/c2cc(COCc3ccccc3)c(O)c(OC)c2)cc(COCc2ccccc2)c1O. The maximum atomic E-state index is 12.6. The van der Waals surface area contributed by atoms with Crippen LogP contribution in [0, 0.1) is 0 Å². The lowest BCUT2D eigenvalue weighted by atomic mass is 10.1. The topological polar surface area (TPSA) is 112 Å². The second-order valence-corrected chi connectivity index (χ2v) is 10.2. The summed E-state index contributed by atoms with van der Waals surface area (Å²) in [6, 6.07) is 25.9. The van der Waals surface area contributed by atoms with Gasteiger partial charge in [-0.15, -0.1) is 0 Å². The first kappa shape index (κ1) is 32.7. The van der Waals surface area contributed by atoms with E-state index in [1.165, 1.54) is 26.4 Å². The molecule has 0 saturated carbocycles. The van der Waals surface area contributed by atoms with E-state index in [4.69, 9.17) is 18.9 Å². The maximum absolute atomic E-state index is 12.6. The van der Waals surface area contributed by atoms with Gasteiger partial charge in [-0.1, -0.05) is 72.8 Å². The molecule has 8 heteroatoms. The van der Waals surface area contributed by atoms with E-state index in [2.05, 4.69) is 0 Å². The fourth-order valence-corrected chi connectivity index (χ4v) is 4.48. The minimum Gasteiger partial charge on any atom is -0.504 e. The normalized spacial score (nSPS) is 11.2. The van der Waals surface area contributed by atoms with Crippen LogP contribution in [0.15, 0.2) is 97.1 Å². The van der Waals surface area contributed by atoms with Crippen LogP contribution in [0.2, 0.25) is 0 Å². The maximum Gasteiger partial charge on any atom is 0.163 e. The van der Waals surface area contributed by atoms with Crippen molar-refractivity contribution in [3.05, 3.63) is 130 Å². The molecule has 0 heterocycles. The quantitative estimate of drug-likeness (QED) is 0.106. The molecule has 4 aromatic carbocycles. The molecule has 0 bridgehead atoms. The lowest BCUT2D eigenvalue weighted by Crippen LogP contribution is -2.02. The zero-order valence-electron chi connectivity index (χ0n) is 25.3. The van der Waals surface area contributed by atoms with Gasteiger partial charge >= 0.3 is 0 Å². The first-order valence-corrected chi connectivity index (χ1v) is 14.3. The highest BCUT2D eigenvalue weighted by Crippen LogP contribution is 2.34. The first-order chi connectivity index (χ1) is 21.9. The number of carbonyl (C=O) groups is 2. The molecule has 0 amide bonds. The van der Waals surface area contributed by atoms with E-state index >= 15 is 0 Å². The minimum atomic E-state index is -0.392. The number of benzene rings is 4. The molecule has 2 N–H and O–H groups in total. The van der Waals surface area contributed by atoms with Crippen LogP contribution < -0.4 is 9.47 Å². The molecule has 0 unspecified atom stereocenters. The van der Waals surface area contributed by atoms with Crippen molar-refractivity contribution in [3.8, 4) is 23.0 Å². The summed E-state index contributed by atoms with van der Waals surface area (Å²) in [5, 5.41) is 21.1. The Balaban J connectivity index is 1.35. The molecule has 4 aromatic rings. The summed E-state index contributed by atoms with van der Waals surface area (Å²) in [7, 11) is 2.88. The number of allylic oxidation sites excluding steroid dienone is 2. The number of carbonyl (C=O) groups excluding carboxylic acids is 2. The van der Waals surface area contributed by atoms with Gasteiger partial charge in [0.05, 0.1) is 47.1 Å². The van der Waals surface area contributed by atoms with E-state index in [9.17, 15) is 19.8 Å². The molecule has 0 saturated heterocycles. The number of aromatic hydroxyl groups is 2. The number of ether oxygens (including phenoxy) is 4. The summed E-state index contributed by atoms with van der Waals surface area (Å²) >= 11 is 0. The van der Waals surface area contributed by atoms with Gasteiger partial charge in [0.15, 0.2) is 34.6 Å². The Morgan fingerprint density at radius 1 is 0.600 bits per heavy atom. The molecule has 0 fully saturated rings. The van der Waals surface area contributed by atoms with Crippen molar-refractivity contribution in [2.24, 2.45) is 0 Å². The average Bonchev–Trinajstić information content (AvgIpc) is 3.06. The number of ketones is 2. The van der Waals surface area contributed by atoms with Crippen molar-refractivity contribution in [1.82, 2.24) is 0 Å². The van der Waals surface area contributed by atoms with Crippen LogP contribution in [0.4, 0.5) is 0 Å². The summed E-state index contributed by atoms with van der Waals surface area (Å²) in [6.45, 7) is 1.02. The van der Waals surface area contributed by atoms with Crippen molar-refractivity contribution >= 4 is 23.7 Å². The van der Waals surface area contributed by atoms with Gasteiger partial charge in [-0.05, 0) is 58.7 Å². The number of phenols is 2. The van der Waals surface area contributed by atoms with E-state index in [0.717, 1.165) is 11.1 Å². The number of methoxy groups -OCH3 is 2. The van der Waals surface area contributed by atoms with Crippen molar-refractivity contribution in [2.75, 3.05) is 14.2 Å². The number of rotatable bonds is 16. The first-order valence-electron chi connectivity index (χ1n) is 14.3. The van der Waals surface area contributed by atoms with Crippen molar-refractivity contribution in [2.45, 2.75) is 32.8 Å². The second-order valence-electron chi connectivity index (χ2n) is 10.2. The molecule has 0 aromatic heterocycles. The van der Waals surface area contributed by atoms with Gasteiger partial charge in [-0.2, -0.15) is 0 Å². The van der Waals surface area contributed by atoms with Gasteiger partial charge in [0.25, 0.3) is 0 Å². The molecule has 4 rings (SSSR count). The lowest BCUT2D eigenvalue weighted by Gasteiger charge is -2.11. The van der Waals surface area contributed by atoms with Crippen LogP contribution in [0.25, 0.3) is 12.2 Å². The molecule has 0 aliphatic carbocycles. The molecular formula is C37H36O8. The predicted molar refractivity (Wildman–Crippen MR) is 172 cm³/mol. The largest absolute Gasteiger partial charge is 0.504 e. The van der Waals surface area contributed by atoms with Crippen molar-refractivity contribution in [3.63, 3.8) is 0 Å². The summed E-state index contributed by atoms with van der Waals surface area (Å²) < 4.78 is 22.1. The number of phenolic OH excluding ortho intramolecular Hbond substituents is 2. The molecule has 0 aliphatic heterocycles. The summed E-state index contributed by atoms with van der Waals surface area (Å²) in [5.74, 6) is -0.363. The van der Waals surface area contributed by atoms with Gasteiger partial charge in [-0.3, -0.25) is 9.59 Å². The van der Waals surface area contributed by atoms with Crippen molar-refractivity contribution in [1.29, 1.82) is 0 Å². The zero-order chi connectivity index (χ0) is 32.0. The number of hydrogen-bond acceptors (Lipinski definition) is 8. The van der Waals surface area contributed by atoms with Crippen LogP contribution in [0.1, 0.15) is 39.8 Å². The molecule has 232 valence electrons. The van der Waals surface area contributed by atoms with Gasteiger partial charge in [0.2, 0.25) is 0 Å². The lowest BCUT2D eigenvalue weighted by molar-refractivity contribution is -0.121. The van der Waals surface area contributed by atoms with Gasteiger partial charge in [0, 0.05) is 11.1 Å². The Bertz CT molecular complexity index is 1520. The predicted octanol–water partition coefficient (Wildman–Crippen LogP) is 6.80. The van der Waals surface area contributed by atoms with Crippen LogP contribution in [0.3, 0.4) is 0 Å². The highest BCUT2D eigenvalue weighted by atomic mass is 16.5. The van der Waals surface area contributed by atoms with E-state index in [1.54, 1.807) is 36.4 Å². The fraction of sp³-hybridized carbons (Fsp3) is 0.189. The zero-order valence-corrected chi connectivity index (χ0v) is 25.3. The van der Waals surface area contributed by atoms with E-state index in [0.29, 0.717) is 35.5 Å². The molecular weight excluding hydrogens is 572 g/mol. The van der Waals surface area contributed by atoms with E-state index in [-0.39, 0.29) is 42.6 Å². The van der Waals surface area contributed by atoms with Crippen LogP contribution in [-0.2, 0) is 45.5 Å². The van der Waals surface area contributed by atoms with Gasteiger partial charge in [0.1, 0.15) is 0 Å². The smallest absolute Gasteiger partial charge is 0.163 e.